The van der Waals surface area contributed by atoms with E-state index in [-0.39, 0.29) is 5.91 Å². The summed E-state index contributed by atoms with van der Waals surface area (Å²) in [4.78, 5) is 25.7. The van der Waals surface area contributed by atoms with Crippen molar-refractivity contribution in [2.75, 3.05) is 44.9 Å². The highest BCUT2D eigenvalue weighted by molar-refractivity contribution is 6.09. The monoisotopic (exact) mass is 458 g/mol. The molecule has 0 heterocycles. The van der Waals surface area contributed by atoms with E-state index in [0.717, 1.165) is 0 Å². The summed E-state index contributed by atoms with van der Waals surface area (Å²) in [6.45, 7) is 10.4. The Bertz CT molecular complexity index is 889. The Kier molecular flexibility index (Phi) is 11.0. The number of amides is 2. The number of hydrogen-bond donors (Lipinski definition) is 2. The van der Waals surface area contributed by atoms with Gasteiger partial charge in [-0.2, -0.15) is 0 Å². The van der Waals surface area contributed by atoms with Crippen molar-refractivity contribution in [3.8, 4) is 17.2 Å². The van der Waals surface area contributed by atoms with Crippen molar-refractivity contribution >= 4 is 17.5 Å². The molecular weight excluding hydrogens is 424 g/mol. The molecule has 8 nitrogen and oxygen atoms in total. The van der Waals surface area contributed by atoms with Crippen LogP contribution in [0.5, 0.6) is 17.2 Å². The third-order valence-corrected chi connectivity index (χ3v) is 4.55. The molecule has 2 aromatic carbocycles. The molecule has 2 aromatic rings. The van der Waals surface area contributed by atoms with Gasteiger partial charge >= 0.3 is 0 Å². The molecule has 0 unspecified atom stereocenters. The molecule has 0 atom stereocenters. The van der Waals surface area contributed by atoms with Gasteiger partial charge in [0.2, 0.25) is 5.75 Å². The van der Waals surface area contributed by atoms with E-state index in [9.17, 15) is 9.59 Å². The molecule has 0 saturated carbocycles. The summed E-state index contributed by atoms with van der Waals surface area (Å²) in [5.74, 6) is 0.659. The summed E-state index contributed by atoms with van der Waals surface area (Å²) in [7, 11) is 0. The zero-order valence-corrected chi connectivity index (χ0v) is 19.9. The van der Waals surface area contributed by atoms with Crippen LogP contribution in [-0.2, 0) is 4.74 Å². The van der Waals surface area contributed by atoms with Gasteiger partial charge in [-0.25, -0.2) is 0 Å². The Balaban J connectivity index is 2.23. The van der Waals surface area contributed by atoms with Crippen molar-refractivity contribution in [1.82, 2.24) is 5.32 Å². The largest absolute Gasteiger partial charge is 0.490 e. The second-order valence-corrected chi connectivity index (χ2v) is 6.91. The van der Waals surface area contributed by atoms with Gasteiger partial charge in [0, 0.05) is 25.3 Å². The average molecular weight is 459 g/mol. The summed E-state index contributed by atoms with van der Waals surface area (Å²) in [5.41, 5.74) is 1.12. The van der Waals surface area contributed by atoms with Gasteiger partial charge < -0.3 is 29.6 Å². The number of carbonyl (C=O) groups excluding carboxylic acids is 2. The summed E-state index contributed by atoms with van der Waals surface area (Å²) in [5, 5.41) is 5.69. The number of ether oxygens (including phenoxy) is 4. The first-order valence-corrected chi connectivity index (χ1v) is 11.4. The molecule has 2 N–H and O–H groups in total. The van der Waals surface area contributed by atoms with Gasteiger partial charge in [0.05, 0.1) is 31.1 Å². The molecule has 0 aliphatic heterocycles. The van der Waals surface area contributed by atoms with Crippen molar-refractivity contribution in [2.45, 2.75) is 34.1 Å². The predicted molar refractivity (Wildman–Crippen MR) is 128 cm³/mol. The molecule has 0 fully saturated rings. The quantitative estimate of drug-likeness (QED) is 0.410. The first-order valence-electron chi connectivity index (χ1n) is 11.4. The van der Waals surface area contributed by atoms with Crippen molar-refractivity contribution in [3.63, 3.8) is 0 Å². The Morgan fingerprint density at radius 2 is 1.45 bits per heavy atom. The van der Waals surface area contributed by atoms with Gasteiger partial charge in [0.25, 0.3) is 11.8 Å². The number of anilines is 1. The van der Waals surface area contributed by atoms with Gasteiger partial charge in [0.1, 0.15) is 0 Å². The Labute approximate surface area is 195 Å². The standard InChI is InChI=1S/C25H34N2O6/c1-5-30-15-11-14-26-25(29)19-12-9-10-13-20(19)27-24(28)18-16-21(31-6-2)23(33-8-4)22(17-18)32-7-3/h9-10,12-13,16-17H,5-8,11,14-15H2,1-4H3,(H,26,29)(H,27,28). The lowest BCUT2D eigenvalue weighted by Crippen LogP contribution is -2.27. The van der Waals surface area contributed by atoms with E-state index in [2.05, 4.69) is 10.6 Å². The number of rotatable bonds is 14. The third kappa shape index (κ3) is 7.68. The third-order valence-electron chi connectivity index (χ3n) is 4.55. The number of nitrogens with one attached hydrogen (secondary N) is 2. The van der Waals surface area contributed by atoms with Crippen LogP contribution in [0.4, 0.5) is 5.69 Å². The molecule has 2 rings (SSSR count). The fraction of sp³-hybridized carbons (Fsp3) is 0.440. The van der Waals surface area contributed by atoms with Crippen molar-refractivity contribution in [2.24, 2.45) is 0 Å². The molecule has 180 valence electrons. The molecule has 2 amide bonds. The molecule has 0 aliphatic rings. The minimum Gasteiger partial charge on any atom is -0.490 e. The molecule has 0 aliphatic carbocycles. The Morgan fingerprint density at radius 1 is 0.818 bits per heavy atom. The van der Waals surface area contributed by atoms with Gasteiger partial charge in [-0.15, -0.1) is 0 Å². The van der Waals surface area contributed by atoms with Crippen LogP contribution in [0.3, 0.4) is 0 Å². The molecule has 0 bridgehead atoms. The summed E-state index contributed by atoms with van der Waals surface area (Å²) in [6.07, 6.45) is 0.709. The van der Waals surface area contributed by atoms with Crippen LogP contribution in [-0.4, -0.2) is 51.4 Å². The lowest BCUT2D eigenvalue weighted by molar-refractivity contribution is 0.0945. The van der Waals surface area contributed by atoms with Crippen LogP contribution in [0, 0.1) is 0 Å². The zero-order valence-electron chi connectivity index (χ0n) is 19.9. The smallest absolute Gasteiger partial charge is 0.255 e. The number of para-hydroxylation sites is 1. The summed E-state index contributed by atoms with van der Waals surface area (Å²) in [6, 6.07) is 10.1. The van der Waals surface area contributed by atoms with Crippen molar-refractivity contribution in [3.05, 3.63) is 47.5 Å². The highest BCUT2D eigenvalue weighted by atomic mass is 16.5. The van der Waals surface area contributed by atoms with E-state index >= 15 is 0 Å². The van der Waals surface area contributed by atoms with E-state index in [1.807, 2.05) is 27.7 Å². The van der Waals surface area contributed by atoms with Gasteiger partial charge in [-0.1, -0.05) is 12.1 Å². The second-order valence-electron chi connectivity index (χ2n) is 6.91. The number of hydrogen-bond acceptors (Lipinski definition) is 6. The van der Waals surface area contributed by atoms with E-state index in [4.69, 9.17) is 18.9 Å². The minimum absolute atomic E-state index is 0.265. The second kappa shape index (κ2) is 14.0. The molecule has 0 radical (unpaired) electrons. The van der Waals surface area contributed by atoms with Crippen molar-refractivity contribution in [1.29, 1.82) is 0 Å². The van der Waals surface area contributed by atoms with E-state index in [1.54, 1.807) is 36.4 Å². The first-order chi connectivity index (χ1) is 16.0. The van der Waals surface area contributed by atoms with E-state index in [1.165, 1.54) is 0 Å². The summed E-state index contributed by atoms with van der Waals surface area (Å²) >= 11 is 0. The van der Waals surface area contributed by atoms with Crippen LogP contribution < -0.4 is 24.8 Å². The van der Waals surface area contributed by atoms with Gasteiger partial charge in [-0.05, 0) is 58.4 Å². The number of benzene rings is 2. The Morgan fingerprint density at radius 3 is 2.06 bits per heavy atom. The lowest BCUT2D eigenvalue weighted by Gasteiger charge is -2.17. The van der Waals surface area contributed by atoms with Crippen LogP contribution in [0.2, 0.25) is 0 Å². The maximum Gasteiger partial charge on any atom is 0.255 e. The summed E-state index contributed by atoms with van der Waals surface area (Å²) < 4.78 is 22.4. The van der Waals surface area contributed by atoms with Crippen LogP contribution in [0.1, 0.15) is 54.8 Å². The molecule has 8 heteroatoms. The van der Waals surface area contributed by atoms with Crippen molar-refractivity contribution < 1.29 is 28.5 Å². The Hall–Kier alpha value is -3.26. The van der Waals surface area contributed by atoms with Crippen LogP contribution in [0.15, 0.2) is 36.4 Å². The SMILES string of the molecule is CCOCCCNC(=O)c1ccccc1NC(=O)c1cc(OCC)c(OCC)c(OCC)c1. The van der Waals surface area contributed by atoms with Crippen LogP contribution >= 0.6 is 0 Å². The fourth-order valence-electron chi connectivity index (χ4n) is 3.12. The van der Waals surface area contributed by atoms with Crippen LogP contribution in [0.25, 0.3) is 0 Å². The fourth-order valence-corrected chi connectivity index (χ4v) is 3.12. The maximum atomic E-state index is 13.1. The van der Waals surface area contributed by atoms with Gasteiger partial charge in [0.15, 0.2) is 11.5 Å². The lowest BCUT2D eigenvalue weighted by atomic mass is 10.1. The normalized spacial score (nSPS) is 10.4. The highest BCUT2D eigenvalue weighted by Gasteiger charge is 2.20. The topological polar surface area (TPSA) is 95.1 Å². The maximum absolute atomic E-state index is 13.1. The highest BCUT2D eigenvalue weighted by Crippen LogP contribution is 2.39. The molecule has 0 saturated heterocycles. The minimum atomic E-state index is -0.392. The molecule has 0 spiro atoms. The van der Waals surface area contributed by atoms with Gasteiger partial charge in [-0.3, -0.25) is 9.59 Å². The first kappa shape index (κ1) is 26.0. The van der Waals surface area contributed by atoms with E-state index in [0.29, 0.717) is 80.1 Å². The predicted octanol–water partition coefficient (Wildman–Crippen LogP) is 4.29. The average Bonchev–Trinajstić information content (AvgIpc) is 2.81. The molecular formula is C25H34N2O6. The molecule has 33 heavy (non-hydrogen) atoms. The molecule has 0 aromatic heterocycles. The zero-order chi connectivity index (χ0) is 24.1. The number of carbonyl (C=O) groups is 2. The van der Waals surface area contributed by atoms with E-state index < -0.39 is 5.91 Å².